The minimum Gasteiger partial charge on any atom is -0.550 e. The van der Waals surface area contributed by atoms with Gasteiger partial charge in [0.15, 0.2) is 0 Å². The molecule has 0 amide bonds. The fourth-order valence-electron chi connectivity index (χ4n) is 3.10. The van der Waals surface area contributed by atoms with E-state index in [0.29, 0.717) is 0 Å². The summed E-state index contributed by atoms with van der Waals surface area (Å²) >= 11 is 1.57. The minimum absolute atomic E-state index is 0.849. The molecule has 3 aromatic carbocycles. The summed E-state index contributed by atoms with van der Waals surface area (Å²) < 4.78 is 1.96. The lowest BCUT2D eigenvalue weighted by Crippen LogP contribution is -2.23. The Morgan fingerprint density at radius 3 is 1.85 bits per heavy atom. The van der Waals surface area contributed by atoms with Crippen molar-refractivity contribution in [2.75, 3.05) is 4.90 Å². The molecule has 0 saturated carbocycles. The lowest BCUT2D eigenvalue weighted by atomic mass is 10.1. The van der Waals surface area contributed by atoms with E-state index in [1.54, 1.807) is 11.3 Å². The molecule has 168 valence electrons. The summed E-state index contributed by atoms with van der Waals surface area (Å²) in [7, 11) is 1.97. The van der Waals surface area contributed by atoms with Gasteiger partial charge in [0.1, 0.15) is 11.9 Å². The van der Waals surface area contributed by atoms with Gasteiger partial charge in [0.05, 0.1) is 12.2 Å². The normalized spacial score (nSPS) is 10.5. The summed E-state index contributed by atoms with van der Waals surface area (Å²) in [5, 5.41) is 20.5. The molecular formula is C26H26N4O2S. The average molecular weight is 459 g/mol. The maximum atomic E-state index is 8.89. The molecule has 1 heterocycles. The first-order valence-electron chi connectivity index (χ1n) is 10.5. The Hall–Kier alpha value is -3.84. The Bertz CT molecular complexity index is 1110. The summed E-state index contributed by atoms with van der Waals surface area (Å²) in [5.41, 5.74) is 4.59. The van der Waals surface area contributed by atoms with Crippen LogP contribution in [0.25, 0.3) is 0 Å². The van der Waals surface area contributed by atoms with E-state index in [1.165, 1.54) is 16.8 Å². The van der Waals surface area contributed by atoms with E-state index in [9.17, 15) is 0 Å². The number of carbonyl (C=O) groups excluding carboxylic acids is 1. The lowest BCUT2D eigenvalue weighted by Gasteiger charge is -2.25. The molecule has 0 N–H and O–H groups in total. The van der Waals surface area contributed by atoms with Gasteiger partial charge in [0.2, 0.25) is 0 Å². The van der Waals surface area contributed by atoms with E-state index in [1.807, 2.05) is 35.3 Å². The van der Waals surface area contributed by atoms with Gasteiger partial charge in [-0.2, -0.15) is 0 Å². The van der Waals surface area contributed by atoms with Crippen LogP contribution in [0, 0.1) is 0 Å². The van der Waals surface area contributed by atoms with Gasteiger partial charge in [0, 0.05) is 30.1 Å². The van der Waals surface area contributed by atoms with E-state index in [-0.39, 0.29) is 0 Å². The van der Waals surface area contributed by atoms with Crippen LogP contribution in [0.15, 0.2) is 107 Å². The molecule has 33 heavy (non-hydrogen) atoms. The predicted octanol–water partition coefficient (Wildman–Crippen LogP) is 4.95. The highest BCUT2D eigenvalue weighted by Crippen LogP contribution is 2.25. The van der Waals surface area contributed by atoms with Gasteiger partial charge in [-0.3, -0.25) is 0 Å². The molecule has 4 aromatic rings. The molecule has 0 aliphatic carbocycles. The largest absolute Gasteiger partial charge is 0.550 e. The third kappa shape index (κ3) is 7.97. The zero-order valence-electron chi connectivity index (χ0n) is 18.7. The Morgan fingerprint density at radius 1 is 0.879 bits per heavy atom. The van der Waals surface area contributed by atoms with Crippen molar-refractivity contribution in [1.29, 1.82) is 0 Å². The fraction of sp³-hybridized carbons (Fsp3) is 0.154. The van der Waals surface area contributed by atoms with E-state index < -0.39 is 5.97 Å². The number of hydrogen-bond acceptors (Lipinski definition) is 6. The molecule has 0 spiro atoms. The Balaban J connectivity index is 0.000000709. The summed E-state index contributed by atoms with van der Waals surface area (Å²) in [6.45, 7) is 2.67. The highest BCUT2D eigenvalue weighted by molar-refractivity contribution is 7.12. The molecule has 0 aliphatic heterocycles. The zero-order valence-corrected chi connectivity index (χ0v) is 19.5. The standard InChI is InChI=1S/C24H23N4S.C2H4O2/c1-27-16-17-29-24(27)26-25-22-12-14-23(15-13-22)28(18-20-8-4-2-5-9-20)19-21-10-6-3-7-11-21;1-2(3)4/h2-17H,18-19H2,1H3;1H3,(H,3,4)/q+1;/p-1. The van der Waals surface area contributed by atoms with Gasteiger partial charge >= 0.3 is 5.13 Å². The van der Waals surface area contributed by atoms with Gasteiger partial charge in [-0.25, -0.2) is 4.57 Å². The van der Waals surface area contributed by atoms with Crippen LogP contribution in [0.2, 0.25) is 0 Å². The Kier molecular flexibility index (Phi) is 8.85. The van der Waals surface area contributed by atoms with Gasteiger partial charge in [-0.15, -0.1) is 0 Å². The van der Waals surface area contributed by atoms with Crippen LogP contribution in [0.4, 0.5) is 16.5 Å². The number of aryl methyl sites for hydroxylation is 1. The van der Waals surface area contributed by atoms with E-state index in [4.69, 9.17) is 9.90 Å². The second-order valence-electron chi connectivity index (χ2n) is 7.33. The first-order valence-corrected chi connectivity index (χ1v) is 11.3. The van der Waals surface area contributed by atoms with Crippen molar-refractivity contribution in [3.05, 3.63) is 108 Å². The van der Waals surface area contributed by atoms with E-state index >= 15 is 0 Å². The number of anilines is 1. The van der Waals surface area contributed by atoms with Crippen LogP contribution in [-0.4, -0.2) is 5.97 Å². The summed E-state index contributed by atoms with van der Waals surface area (Å²) in [5.74, 6) is -1.08. The monoisotopic (exact) mass is 458 g/mol. The maximum absolute atomic E-state index is 8.89. The number of aromatic nitrogens is 1. The average Bonchev–Trinajstić information content (AvgIpc) is 3.23. The second-order valence-corrected chi connectivity index (χ2v) is 8.20. The molecular weight excluding hydrogens is 432 g/mol. The summed E-state index contributed by atoms with van der Waals surface area (Å²) in [4.78, 5) is 11.3. The van der Waals surface area contributed by atoms with Crippen molar-refractivity contribution in [3.8, 4) is 0 Å². The number of nitrogens with zero attached hydrogens (tertiary/aromatic N) is 4. The van der Waals surface area contributed by atoms with Crippen molar-refractivity contribution < 1.29 is 14.5 Å². The van der Waals surface area contributed by atoms with Gasteiger partial charge in [0.25, 0.3) is 0 Å². The van der Waals surface area contributed by atoms with Crippen LogP contribution in [-0.2, 0) is 24.9 Å². The van der Waals surface area contributed by atoms with Gasteiger partial charge < -0.3 is 14.8 Å². The zero-order chi connectivity index (χ0) is 23.5. The quantitative estimate of drug-likeness (QED) is 0.291. The number of carboxylic acids is 1. The van der Waals surface area contributed by atoms with Crippen molar-refractivity contribution in [2.24, 2.45) is 17.3 Å². The number of hydrogen-bond donors (Lipinski definition) is 0. The lowest BCUT2D eigenvalue weighted by molar-refractivity contribution is -0.654. The Morgan fingerprint density at radius 2 is 1.39 bits per heavy atom. The minimum atomic E-state index is -1.08. The van der Waals surface area contributed by atoms with Crippen LogP contribution in [0.1, 0.15) is 18.1 Å². The molecule has 1 aromatic heterocycles. The summed E-state index contributed by atoms with van der Waals surface area (Å²) in [6, 6.07) is 29.4. The van der Waals surface area contributed by atoms with Gasteiger partial charge in [-0.1, -0.05) is 60.7 Å². The molecule has 0 fully saturated rings. The maximum Gasteiger partial charge on any atom is 0.408 e. The molecule has 0 aliphatic rings. The third-order valence-corrected chi connectivity index (χ3v) is 5.50. The number of rotatable bonds is 7. The van der Waals surface area contributed by atoms with Crippen LogP contribution in [0.5, 0.6) is 0 Å². The number of thiazole rings is 1. The number of azo groups is 1. The smallest absolute Gasteiger partial charge is 0.408 e. The highest BCUT2D eigenvalue weighted by Gasteiger charge is 2.10. The van der Waals surface area contributed by atoms with E-state index in [0.717, 1.165) is 30.8 Å². The number of carbonyl (C=O) groups is 1. The van der Waals surface area contributed by atoms with Crippen LogP contribution < -0.4 is 14.6 Å². The molecule has 4 rings (SSSR count). The number of benzene rings is 3. The molecule has 6 nitrogen and oxygen atoms in total. The first kappa shape index (κ1) is 23.8. The molecule has 0 atom stereocenters. The summed E-state index contributed by atoms with van der Waals surface area (Å²) in [6.07, 6.45) is 1.98. The Labute approximate surface area is 198 Å². The molecule has 0 radical (unpaired) electrons. The molecule has 0 bridgehead atoms. The topological polar surface area (TPSA) is 72.0 Å². The van der Waals surface area contributed by atoms with Crippen molar-refractivity contribution in [3.63, 3.8) is 0 Å². The van der Waals surface area contributed by atoms with Crippen molar-refractivity contribution in [1.82, 2.24) is 0 Å². The van der Waals surface area contributed by atoms with Crippen LogP contribution in [0.3, 0.4) is 0 Å². The second kappa shape index (κ2) is 12.3. The first-order chi connectivity index (χ1) is 16.0. The third-order valence-electron chi connectivity index (χ3n) is 4.66. The van der Waals surface area contributed by atoms with Crippen molar-refractivity contribution in [2.45, 2.75) is 20.0 Å². The fourth-order valence-corrected chi connectivity index (χ4v) is 3.78. The number of carboxylic acid groups (broad SMARTS) is 1. The van der Waals surface area contributed by atoms with Gasteiger partial charge in [-0.05, 0) is 58.8 Å². The van der Waals surface area contributed by atoms with E-state index in [2.05, 4.69) is 87.9 Å². The van der Waals surface area contributed by atoms with Crippen LogP contribution >= 0.6 is 11.3 Å². The molecule has 7 heteroatoms. The SMILES string of the molecule is CC(=O)[O-].C[n+]1ccsc1/N=N/c1ccc(N(Cc2ccccc2)Cc2ccccc2)cc1. The predicted molar refractivity (Wildman–Crippen MR) is 130 cm³/mol. The highest BCUT2D eigenvalue weighted by atomic mass is 32.1. The molecule has 0 saturated heterocycles. The number of aliphatic carboxylic acids is 1. The molecule has 0 unspecified atom stereocenters. The van der Waals surface area contributed by atoms with Crippen molar-refractivity contribution >= 4 is 33.8 Å².